The summed E-state index contributed by atoms with van der Waals surface area (Å²) in [6.45, 7) is 0.0148. The Kier molecular flexibility index (Phi) is 7.53. The van der Waals surface area contributed by atoms with Crippen LogP contribution in [-0.4, -0.2) is 64.4 Å². The van der Waals surface area contributed by atoms with Gasteiger partial charge in [-0.15, -0.1) is 22.0 Å². The summed E-state index contributed by atoms with van der Waals surface area (Å²) in [4.78, 5) is 3.00. The number of hydrogen-bond donors (Lipinski definition) is 2. The molecule has 1 fully saturated rings. The summed E-state index contributed by atoms with van der Waals surface area (Å²) in [5.41, 5.74) is 1.92. The van der Waals surface area contributed by atoms with Gasteiger partial charge in [-0.3, -0.25) is 0 Å². The molecule has 38 heavy (non-hydrogen) atoms. The number of aromatic nitrogens is 3. The summed E-state index contributed by atoms with van der Waals surface area (Å²) in [5.74, 6) is 0.219. The number of alkyl halides is 4. The van der Waals surface area contributed by atoms with Crippen molar-refractivity contribution in [3.63, 3.8) is 0 Å². The zero-order chi connectivity index (χ0) is 26.9. The molecule has 2 aromatic heterocycles. The highest BCUT2D eigenvalue weighted by molar-refractivity contribution is 7.98. The molecule has 0 saturated carbocycles. The Morgan fingerprint density at radius 1 is 1.13 bits per heavy atom. The molecule has 2 unspecified atom stereocenters. The summed E-state index contributed by atoms with van der Waals surface area (Å²) in [7, 11) is 1.86. The molecule has 3 heterocycles. The van der Waals surface area contributed by atoms with E-state index < -0.39 is 24.9 Å². The van der Waals surface area contributed by atoms with Crippen molar-refractivity contribution in [2.75, 3.05) is 37.0 Å². The molecule has 0 amide bonds. The largest absolute Gasteiger partial charge is 0.417 e. The van der Waals surface area contributed by atoms with Gasteiger partial charge >= 0.3 is 6.18 Å². The van der Waals surface area contributed by atoms with Crippen molar-refractivity contribution in [1.82, 2.24) is 19.7 Å². The molecule has 0 spiro atoms. The van der Waals surface area contributed by atoms with Gasteiger partial charge in [-0.1, -0.05) is 12.1 Å². The van der Waals surface area contributed by atoms with E-state index >= 15 is 0 Å². The molecule has 0 aliphatic carbocycles. The predicted octanol–water partition coefficient (Wildman–Crippen LogP) is 6.04. The van der Waals surface area contributed by atoms with Crippen molar-refractivity contribution in [2.45, 2.75) is 42.8 Å². The number of nitrogens with zero attached hydrogens (tertiary/aromatic N) is 4. The third-order valence-electron chi connectivity index (χ3n) is 6.57. The predicted molar refractivity (Wildman–Crippen MR) is 141 cm³/mol. The van der Waals surface area contributed by atoms with Crippen LogP contribution in [0.1, 0.15) is 12.3 Å². The number of hydrogen-bond acceptors (Lipinski definition) is 7. The number of thioether (sulfide) groups is 1. The van der Waals surface area contributed by atoms with Gasteiger partial charge in [0, 0.05) is 34.7 Å². The minimum absolute atomic E-state index is 0.0197. The third-order valence-corrected chi connectivity index (χ3v) is 7.29. The van der Waals surface area contributed by atoms with Gasteiger partial charge in [0.1, 0.15) is 18.4 Å². The van der Waals surface area contributed by atoms with Gasteiger partial charge in [0.15, 0.2) is 0 Å². The normalized spacial score (nSPS) is 18.7. The van der Waals surface area contributed by atoms with Gasteiger partial charge in [-0.25, -0.2) is 4.39 Å². The second-order valence-corrected chi connectivity index (χ2v) is 10.3. The summed E-state index contributed by atoms with van der Waals surface area (Å²) in [5, 5.41) is 15.0. The summed E-state index contributed by atoms with van der Waals surface area (Å²) in [6.07, 6.45) is -3.00. The number of benzene rings is 2. The maximum absolute atomic E-state index is 14.7. The number of fused-ring (bicyclic) bond motifs is 1. The number of piperidine rings is 1. The van der Waals surface area contributed by atoms with Gasteiger partial charge in [-0.05, 0) is 56.1 Å². The molecule has 5 rings (SSSR count). The van der Waals surface area contributed by atoms with Crippen LogP contribution in [-0.2, 0) is 13.1 Å². The minimum Gasteiger partial charge on any atom is -0.417 e. The number of nitrogens with one attached hydrogen (secondary N) is 2. The monoisotopic (exact) mass is 548 g/mol. The highest BCUT2D eigenvalue weighted by Gasteiger charge is 2.32. The van der Waals surface area contributed by atoms with E-state index in [-0.39, 0.29) is 24.0 Å². The molecule has 0 radical (unpaired) electrons. The molecular weight excluding hydrogens is 520 g/mol. The zero-order valence-electron chi connectivity index (χ0n) is 20.9. The van der Waals surface area contributed by atoms with E-state index in [4.69, 9.17) is 4.42 Å². The van der Waals surface area contributed by atoms with E-state index in [1.807, 2.05) is 42.5 Å². The minimum atomic E-state index is -4.48. The Morgan fingerprint density at radius 3 is 2.71 bits per heavy atom. The van der Waals surface area contributed by atoms with Crippen LogP contribution in [0.3, 0.4) is 0 Å². The van der Waals surface area contributed by atoms with Gasteiger partial charge in [0.05, 0.1) is 18.1 Å². The lowest BCUT2D eigenvalue weighted by atomic mass is 10.0. The average molecular weight is 549 g/mol. The van der Waals surface area contributed by atoms with Crippen molar-refractivity contribution < 1.29 is 22.0 Å². The van der Waals surface area contributed by atoms with Gasteiger partial charge in [0.25, 0.3) is 5.89 Å². The summed E-state index contributed by atoms with van der Waals surface area (Å²) >= 11 is 1.61. The second-order valence-electron chi connectivity index (χ2n) is 9.37. The highest BCUT2D eigenvalue weighted by atomic mass is 32.2. The maximum Gasteiger partial charge on any atom is 0.406 e. The van der Waals surface area contributed by atoms with Crippen molar-refractivity contribution in [3.05, 3.63) is 54.4 Å². The molecular formula is C26H28F4N6OS. The first-order valence-electron chi connectivity index (χ1n) is 12.2. The molecule has 202 valence electrons. The van der Waals surface area contributed by atoms with Crippen LogP contribution in [0, 0.1) is 0 Å². The zero-order valence-corrected chi connectivity index (χ0v) is 21.7. The lowest BCUT2D eigenvalue weighted by Gasteiger charge is -2.33. The molecule has 1 aliphatic rings. The lowest BCUT2D eigenvalue weighted by molar-refractivity contribution is -0.139. The maximum atomic E-state index is 14.7. The van der Waals surface area contributed by atoms with Gasteiger partial charge in [0.2, 0.25) is 5.89 Å². The summed E-state index contributed by atoms with van der Waals surface area (Å²) in [6, 6.07) is 14.0. The fraction of sp³-hybridized carbons (Fsp3) is 0.385. The van der Waals surface area contributed by atoms with Crippen LogP contribution in [0.15, 0.2) is 57.8 Å². The first-order chi connectivity index (χ1) is 18.2. The molecule has 2 N–H and O–H groups in total. The molecule has 12 heteroatoms. The van der Waals surface area contributed by atoms with Crippen molar-refractivity contribution in [2.24, 2.45) is 0 Å². The van der Waals surface area contributed by atoms with E-state index in [1.54, 1.807) is 36.0 Å². The van der Waals surface area contributed by atoms with Gasteiger partial charge < -0.3 is 24.5 Å². The molecule has 4 aromatic rings. The van der Waals surface area contributed by atoms with E-state index in [2.05, 4.69) is 20.8 Å². The topological polar surface area (TPSA) is 71.2 Å². The SMILES string of the molecule is CSc1cccc(NCc2nnc(-c3cc4c(NC5CCN(C)CC5F)cccc4n3CC(F)(F)F)o2)c1. The standard InChI is InChI=1S/C26H28F4N6OS/c1-35-10-9-21(19(27)14-35)32-20-7-4-8-22-18(20)12-23(36(22)15-26(28,29)30)25-34-33-24(37-25)13-31-16-5-3-6-17(11-16)38-2/h3-8,11-12,19,21,31-32H,9-10,13-15H2,1-2H3. The van der Waals surface area contributed by atoms with Crippen LogP contribution < -0.4 is 10.6 Å². The van der Waals surface area contributed by atoms with Crippen molar-refractivity contribution >= 4 is 34.0 Å². The highest BCUT2D eigenvalue weighted by Crippen LogP contribution is 2.35. The number of likely N-dealkylation sites (tertiary alicyclic amines) is 1. The molecule has 1 saturated heterocycles. The van der Waals surface area contributed by atoms with Crippen molar-refractivity contribution in [1.29, 1.82) is 0 Å². The first kappa shape index (κ1) is 26.4. The number of rotatable bonds is 8. The molecule has 0 bridgehead atoms. The molecule has 2 aromatic carbocycles. The Morgan fingerprint density at radius 2 is 1.95 bits per heavy atom. The first-order valence-corrected chi connectivity index (χ1v) is 13.4. The second kappa shape index (κ2) is 10.9. The van der Waals surface area contributed by atoms with E-state index in [0.717, 1.165) is 21.7 Å². The van der Waals surface area contributed by atoms with E-state index in [9.17, 15) is 17.6 Å². The van der Waals surface area contributed by atoms with Crippen LogP contribution >= 0.6 is 11.8 Å². The Hall–Kier alpha value is -3.25. The average Bonchev–Trinajstić information content (AvgIpc) is 3.49. The number of anilines is 2. The molecule has 1 aliphatic heterocycles. The Bertz CT molecular complexity index is 1400. The lowest BCUT2D eigenvalue weighted by Crippen LogP contribution is -2.46. The van der Waals surface area contributed by atoms with Crippen LogP contribution in [0.4, 0.5) is 28.9 Å². The van der Waals surface area contributed by atoms with Crippen LogP contribution in [0.25, 0.3) is 22.5 Å². The quantitative estimate of drug-likeness (QED) is 0.205. The Labute approximate surface area is 221 Å². The fourth-order valence-corrected chi connectivity index (χ4v) is 5.15. The van der Waals surface area contributed by atoms with E-state index in [0.29, 0.717) is 29.6 Å². The summed E-state index contributed by atoms with van der Waals surface area (Å²) < 4.78 is 62.4. The molecule has 2 atom stereocenters. The third kappa shape index (κ3) is 5.91. The fourth-order valence-electron chi connectivity index (χ4n) is 4.70. The van der Waals surface area contributed by atoms with E-state index in [1.165, 1.54) is 0 Å². The molecule has 7 nitrogen and oxygen atoms in total. The van der Waals surface area contributed by atoms with Crippen LogP contribution in [0.5, 0.6) is 0 Å². The van der Waals surface area contributed by atoms with Gasteiger partial charge in [-0.2, -0.15) is 13.2 Å². The van der Waals surface area contributed by atoms with Crippen molar-refractivity contribution in [3.8, 4) is 11.6 Å². The Balaban J connectivity index is 1.45. The van der Waals surface area contributed by atoms with Crippen LogP contribution in [0.2, 0.25) is 0 Å². The smallest absolute Gasteiger partial charge is 0.406 e. The number of halogens is 4.